The van der Waals surface area contributed by atoms with Gasteiger partial charge in [0.1, 0.15) is 12.6 Å². The van der Waals surface area contributed by atoms with Crippen molar-refractivity contribution in [1.82, 2.24) is 10.2 Å². The van der Waals surface area contributed by atoms with Crippen molar-refractivity contribution in [2.75, 3.05) is 17.4 Å². The number of sulfonamides is 1. The first-order valence-electron chi connectivity index (χ1n) is 13.9. The van der Waals surface area contributed by atoms with E-state index in [1.54, 1.807) is 49.4 Å². The Kier molecular flexibility index (Phi) is 11.3. The molecule has 0 aromatic heterocycles. The van der Waals surface area contributed by atoms with Crippen LogP contribution in [0.4, 0.5) is 5.69 Å². The molecule has 0 radical (unpaired) electrons. The Hall–Kier alpha value is -3.56. The second-order valence-electron chi connectivity index (χ2n) is 10.2. The van der Waals surface area contributed by atoms with Gasteiger partial charge in [-0.25, -0.2) is 8.42 Å². The van der Waals surface area contributed by atoms with Crippen LogP contribution in [0.25, 0.3) is 0 Å². The number of rotatable bonds is 12. The van der Waals surface area contributed by atoms with E-state index in [4.69, 9.17) is 34.8 Å². The van der Waals surface area contributed by atoms with Crippen LogP contribution >= 0.6 is 34.8 Å². The minimum absolute atomic E-state index is 0.0199. The number of carbonyl (C=O) groups excluding carboxylic acids is 2. The van der Waals surface area contributed by atoms with Crippen LogP contribution in [-0.4, -0.2) is 44.3 Å². The molecule has 44 heavy (non-hydrogen) atoms. The number of carbonyl (C=O) groups is 2. The number of hydrogen-bond acceptors (Lipinski definition) is 4. The summed E-state index contributed by atoms with van der Waals surface area (Å²) in [5.74, 6) is -0.960. The number of amides is 2. The van der Waals surface area contributed by atoms with Gasteiger partial charge >= 0.3 is 0 Å². The zero-order chi connectivity index (χ0) is 31.9. The number of halogens is 3. The van der Waals surface area contributed by atoms with Crippen molar-refractivity contribution in [3.05, 3.63) is 129 Å². The maximum Gasteiger partial charge on any atom is 0.264 e. The van der Waals surface area contributed by atoms with E-state index in [1.165, 1.54) is 29.2 Å². The van der Waals surface area contributed by atoms with Crippen LogP contribution in [0, 0.1) is 6.92 Å². The van der Waals surface area contributed by atoms with Crippen molar-refractivity contribution in [1.29, 1.82) is 0 Å². The summed E-state index contributed by atoms with van der Waals surface area (Å²) in [5.41, 5.74) is 2.58. The summed E-state index contributed by atoms with van der Waals surface area (Å²) in [6.07, 6.45) is 0.200. The minimum atomic E-state index is -4.21. The first-order valence-corrected chi connectivity index (χ1v) is 16.5. The predicted octanol–water partition coefficient (Wildman–Crippen LogP) is 6.93. The third-order valence-electron chi connectivity index (χ3n) is 6.96. The van der Waals surface area contributed by atoms with E-state index in [9.17, 15) is 18.0 Å². The van der Waals surface area contributed by atoms with Gasteiger partial charge < -0.3 is 10.2 Å². The van der Waals surface area contributed by atoms with Crippen LogP contribution in [-0.2, 0) is 32.6 Å². The van der Waals surface area contributed by atoms with Crippen LogP contribution in [0.2, 0.25) is 15.1 Å². The molecular weight excluding hydrogens is 641 g/mol. The third kappa shape index (κ3) is 8.33. The van der Waals surface area contributed by atoms with Gasteiger partial charge in [-0.2, -0.15) is 0 Å². The third-order valence-corrected chi connectivity index (χ3v) is 9.74. The van der Waals surface area contributed by atoms with Crippen LogP contribution in [0.3, 0.4) is 0 Å². The first-order chi connectivity index (χ1) is 21.0. The zero-order valence-corrected chi connectivity index (χ0v) is 27.3. The molecule has 0 spiro atoms. The molecule has 0 saturated carbocycles. The second kappa shape index (κ2) is 14.9. The van der Waals surface area contributed by atoms with E-state index in [0.717, 1.165) is 15.4 Å². The molecule has 2 amide bonds. The molecule has 1 atom stereocenters. The predicted molar refractivity (Wildman–Crippen MR) is 177 cm³/mol. The molecule has 0 unspecified atom stereocenters. The lowest BCUT2D eigenvalue weighted by atomic mass is 10.0. The quantitative estimate of drug-likeness (QED) is 0.177. The van der Waals surface area contributed by atoms with Crippen molar-refractivity contribution < 1.29 is 18.0 Å². The van der Waals surface area contributed by atoms with Crippen LogP contribution < -0.4 is 9.62 Å². The maximum absolute atomic E-state index is 14.4. The van der Waals surface area contributed by atoms with Crippen LogP contribution in [0.15, 0.2) is 102 Å². The summed E-state index contributed by atoms with van der Waals surface area (Å²) >= 11 is 18.6. The summed E-state index contributed by atoms with van der Waals surface area (Å²) < 4.78 is 29.1. The number of nitrogens with one attached hydrogen (secondary N) is 1. The number of hydrogen-bond donors (Lipinski definition) is 1. The Morgan fingerprint density at radius 2 is 1.48 bits per heavy atom. The summed E-state index contributed by atoms with van der Waals surface area (Å²) in [7, 11) is -4.21. The van der Waals surface area contributed by atoms with Crippen LogP contribution in [0.1, 0.15) is 23.6 Å². The molecule has 11 heteroatoms. The van der Waals surface area contributed by atoms with Gasteiger partial charge in [0.2, 0.25) is 11.8 Å². The van der Waals surface area contributed by atoms with Crippen LogP contribution in [0.5, 0.6) is 0 Å². The van der Waals surface area contributed by atoms with Crippen molar-refractivity contribution in [3.8, 4) is 0 Å². The van der Waals surface area contributed by atoms with E-state index in [0.29, 0.717) is 27.2 Å². The molecule has 0 aliphatic heterocycles. The number of aryl methyl sites for hydroxylation is 1. The highest BCUT2D eigenvalue weighted by atomic mass is 35.5. The normalized spacial score (nSPS) is 11.9. The topological polar surface area (TPSA) is 86.8 Å². The van der Waals surface area contributed by atoms with Crippen molar-refractivity contribution in [2.24, 2.45) is 0 Å². The van der Waals surface area contributed by atoms with Crippen molar-refractivity contribution in [2.45, 2.75) is 37.8 Å². The van der Waals surface area contributed by atoms with E-state index in [-0.39, 0.29) is 29.5 Å². The Bertz CT molecular complexity index is 1700. The lowest BCUT2D eigenvalue weighted by Crippen LogP contribution is -2.53. The molecule has 4 aromatic rings. The Morgan fingerprint density at radius 3 is 2.09 bits per heavy atom. The summed E-state index contributed by atoms with van der Waals surface area (Å²) in [6.45, 7) is 3.38. The smallest absolute Gasteiger partial charge is 0.264 e. The van der Waals surface area contributed by atoms with E-state index in [1.807, 2.05) is 37.3 Å². The van der Waals surface area contributed by atoms with Gasteiger partial charge in [-0.05, 0) is 73.5 Å². The van der Waals surface area contributed by atoms with Crippen molar-refractivity contribution >= 4 is 62.3 Å². The average molecular weight is 673 g/mol. The Labute approximate surface area is 273 Å². The van der Waals surface area contributed by atoms with Gasteiger partial charge in [-0.1, -0.05) is 88.9 Å². The molecule has 0 aliphatic carbocycles. The second-order valence-corrected chi connectivity index (χ2v) is 13.3. The van der Waals surface area contributed by atoms with E-state index in [2.05, 4.69) is 5.32 Å². The molecule has 0 aliphatic rings. The number of benzene rings is 4. The minimum Gasteiger partial charge on any atom is -0.355 e. The van der Waals surface area contributed by atoms with Gasteiger partial charge in [0, 0.05) is 24.5 Å². The molecular formula is C33H32Cl3N3O4S. The molecule has 4 aromatic carbocycles. The van der Waals surface area contributed by atoms with Gasteiger partial charge in [0.25, 0.3) is 10.0 Å². The SMILES string of the molecule is CCNC(=O)[C@H](Cc1ccccc1)N(Cc1ccc(Cl)c(Cl)c1)C(=O)CN(c1ccc(Cl)cc1)S(=O)(=O)c1ccc(C)cc1. The molecule has 0 heterocycles. The van der Waals surface area contributed by atoms with E-state index >= 15 is 0 Å². The number of anilines is 1. The largest absolute Gasteiger partial charge is 0.355 e. The average Bonchev–Trinajstić information content (AvgIpc) is 3.00. The van der Waals surface area contributed by atoms with Gasteiger partial charge in [-0.3, -0.25) is 13.9 Å². The Morgan fingerprint density at radius 1 is 0.818 bits per heavy atom. The monoisotopic (exact) mass is 671 g/mol. The van der Waals surface area contributed by atoms with E-state index < -0.39 is 28.5 Å². The van der Waals surface area contributed by atoms with Gasteiger partial charge in [0.15, 0.2) is 0 Å². The highest BCUT2D eigenvalue weighted by Crippen LogP contribution is 2.28. The maximum atomic E-state index is 14.4. The van der Waals surface area contributed by atoms with Crippen molar-refractivity contribution in [3.63, 3.8) is 0 Å². The Balaban J connectivity index is 1.80. The molecule has 4 rings (SSSR count). The standard InChI is InChI=1S/C33H32Cl3N3O4S/c1-3-37-33(41)31(20-24-7-5-4-6-8-24)38(21-25-11-18-29(35)30(36)19-25)32(40)22-39(27-14-12-26(34)13-15-27)44(42,43)28-16-9-23(2)10-17-28/h4-19,31H,3,20-22H2,1-2H3,(H,37,41)/t31-/m0/s1. The molecule has 7 nitrogen and oxygen atoms in total. The highest BCUT2D eigenvalue weighted by molar-refractivity contribution is 7.92. The lowest BCUT2D eigenvalue weighted by Gasteiger charge is -2.34. The molecule has 0 saturated heterocycles. The lowest BCUT2D eigenvalue weighted by molar-refractivity contribution is -0.140. The fourth-order valence-corrected chi connectivity index (χ4v) is 6.52. The molecule has 0 bridgehead atoms. The first kappa shape index (κ1) is 33.3. The molecule has 230 valence electrons. The summed E-state index contributed by atoms with van der Waals surface area (Å²) in [6, 6.07) is 25.9. The summed E-state index contributed by atoms with van der Waals surface area (Å²) in [4.78, 5) is 29.3. The number of nitrogens with zero attached hydrogens (tertiary/aromatic N) is 2. The molecule has 0 fully saturated rings. The van der Waals surface area contributed by atoms with Gasteiger partial charge in [-0.15, -0.1) is 0 Å². The molecule has 1 N–H and O–H groups in total. The zero-order valence-electron chi connectivity index (χ0n) is 24.2. The fraction of sp³-hybridized carbons (Fsp3) is 0.212. The van der Waals surface area contributed by atoms with Gasteiger partial charge in [0.05, 0.1) is 20.6 Å². The summed E-state index contributed by atoms with van der Waals surface area (Å²) in [5, 5.41) is 3.88. The fourth-order valence-electron chi connectivity index (χ4n) is 4.65. The highest BCUT2D eigenvalue weighted by Gasteiger charge is 2.34. The number of likely N-dealkylation sites (N-methyl/N-ethyl adjacent to an activating group) is 1.